The van der Waals surface area contributed by atoms with Crippen molar-refractivity contribution in [2.24, 2.45) is 0 Å². The molecule has 6 nitrogen and oxygen atoms in total. The summed E-state index contributed by atoms with van der Waals surface area (Å²) in [6, 6.07) is 15.5. The van der Waals surface area contributed by atoms with E-state index in [2.05, 4.69) is 15.3 Å². The molecule has 0 saturated heterocycles. The molecule has 0 spiro atoms. The van der Waals surface area contributed by atoms with Crippen molar-refractivity contribution >= 4 is 17.4 Å². The van der Waals surface area contributed by atoms with Gasteiger partial charge in [0, 0.05) is 31.1 Å². The fourth-order valence-corrected chi connectivity index (χ4v) is 2.79. The maximum atomic E-state index is 11.3. The van der Waals surface area contributed by atoms with Crippen LogP contribution in [-0.2, 0) is 4.79 Å². The van der Waals surface area contributed by atoms with Crippen molar-refractivity contribution in [3.8, 4) is 22.4 Å². The second-order valence-corrected chi connectivity index (χ2v) is 5.59. The Labute approximate surface area is 144 Å². The number of rotatable bonds is 3. The molecule has 0 saturated carbocycles. The molecular formula is C19H15N5O. The van der Waals surface area contributed by atoms with Crippen LogP contribution in [0.5, 0.6) is 0 Å². The van der Waals surface area contributed by atoms with Crippen LogP contribution in [0.25, 0.3) is 28.0 Å². The average Bonchev–Trinajstić information content (AvgIpc) is 3.02. The Morgan fingerprint density at radius 1 is 1.00 bits per heavy atom. The number of fused-ring (bicyclic) bond motifs is 1. The number of aromatic nitrogens is 4. The van der Waals surface area contributed by atoms with E-state index < -0.39 is 0 Å². The number of nitrogens with one attached hydrogen (secondary N) is 1. The minimum Gasteiger partial charge on any atom is -0.311 e. The summed E-state index contributed by atoms with van der Waals surface area (Å²) in [6.07, 6.45) is 5.28. The monoisotopic (exact) mass is 329 g/mol. The van der Waals surface area contributed by atoms with E-state index in [0.717, 1.165) is 28.0 Å². The molecule has 4 rings (SSSR count). The SMILES string of the molecule is CC(=O)Nc1cc(-c2c(-c3ccccc3)nn3cccnc23)ccn1. The van der Waals surface area contributed by atoms with Gasteiger partial charge in [-0.3, -0.25) is 4.79 Å². The minimum atomic E-state index is -0.161. The third-order valence-electron chi connectivity index (χ3n) is 3.80. The summed E-state index contributed by atoms with van der Waals surface area (Å²) in [5, 5.41) is 7.41. The summed E-state index contributed by atoms with van der Waals surface area (Å²) >= 11 is 0. The normalized spacial score (nSPS) is 10.8. The van der Waals surface area contributed by atoms with Crippen LogP contribution in [0.2, 0.25) is 0 Å². The number of pyridine rings is 1. The first-order chi connectivity index (χ1) is 12.2. The predicted octanol–water partition coefficient (Wildman–Crippen LogP) is 3.42. The quantitative estimate of drug-likeness (QED) is 0.625. The summed E-state index contributed by atoms with van der Waals surface area (Å²) in [6.45, 7) is 1.46. The molecule has 0 aliphatic heterocycles. The van der Waals surface area contributed by atoms with Crippen molar-refractivity contribution < 1.29 is 4.79 Å². The Morgan fingerprint density at radius 2 is 1.84 bits per heavy atom. The largest absolute Gasteiger partial charge is 0.311 e. The Kier molecular flexibility index (Phi) is 3.70. The second-order valence-electron chi connectivity index (χ2n) is 5.59. The molecule has 1 amide bonds. The maximum Gasteiger partial charge on any atom is 0.222 e. The highest BCUT2D eigenvalue weighted by atomic mass is 16.1. The van der Waals surface area contributed by atoms with Gasteiger partial charge in [0.25, 0.3) is 0 Å². The number of amides is 1. The Bertz CT molecular complexity index is 1060. The Morgan fingerprint density at radius 3 is 2.64 bits per heavy atom. The molecule has 4 aromatic rings. The van der Waals surface area contributed by atoms with Crippen molar-refractivity contribution in [2.75, 3.05) is 5.32 Å². The fourth-order valence-electron chi connectivity index (χ4n) is 2.79. The van der Waals surface area contributed by atoms with Gasteiger partial charge < -0.3 is 5.32 Å². The molecule has 3 heterocycles. The van der Waals surface area contributed by atoms with Crippen molar-refractivity contribution in [3.05, 3.63) is 67.1 Å². The zero-order valence-corrected chi connectivity index (χ0v) is 13.5. The number of hydrogen-bond acceptors (Lipinski definition) is 4. The lowest BCUT2D eigenvalue weighted by Crippen LogP contribution is -2.07. The second kappa shape index (κ2) is 6.16. The Balaban J connectivity index is 1.96. The van der Waals surface area contributed by atoms with E-state index in [9.17, 15) is 4.79 Å². The van der Waals surface area contributed by atoms with E-state index in [-0.39, 0.29) is 5.91 Å². The lowest BCUT2D eigenvalue weighted by molar-refractivity contribution is -0.114. The summed E-state index contributed by atoms with van der Waals surface area (Å²) in [5.74, 6) is 0.338. The molecule has 122 valence electrons. The van der Waals surface area contributed by atoms with Gasteiger partial charge in [-0.05, 0) is 23.8 Å². The van der Waals surface area contributed by atoms with Crippen LogP contribution in [0.4, 0.5) is 5.82 Å². The minimum absolute atomic E-state index is 0.161. The van der Waals surface area contributed by atoms with Crippen molar-refractivity contribution in [3.63, 3.8) is 0 Å². The molecule has 1 N–H and O–H groups in total. The first kappa shape index (κ1) is 15.0. The number of nitrogens with zero attached hydrogens (tertiary/aromatic N) is 4. The molecule has 0 fully saturated rings. The summed E-state index contributed by atoms with van der Waals surface area (Å²) in [4.78, 5) is 20.0. The lowest BCUT2D eigenvalue weighted by Gasteiger charge is -2.06. The third-order valence-corrected chi connectivity index (χ3v) is 3.80. The van der Waals surface area contributed by atoms with E-state index in [0.29, 0.717) is 5.82 Å². The first-order valence-electron chi connectivity index (χ1n) is 7.85. The smallest absolute Gasteiger partial charge is 0.222 e. The highest BCUT2D eigenvalue weighted by molar-refractivity contribution is 5.93. The van der Waals surface area contributed by atoms with Gasteiger partial charge >= 0.3 is 0 Å². The van der Waals surface area contributed by atoms with Crippen LogP contribution in [0.3, 0.4) is 0 Å². The molecular weight excluding hydrogens is 314 g/mol. The molecule has 0 aliphatic rings. The van der Waals surface area contributed by atoms with E-state index in [1.165, 1.54) is 6.92 Å². The van der Waals surface area contributed by atoms with E-state index in [1.54, 1.807) is 16.9 Å². The predicted molar refractivity (Wildman–Crippen MR) is 96.0 cm³/mol. The molecule has 0 atom stereocenters. The van der Waals surface area contributed by atoms with E-state index >= 15 is 0 Å². The molecule has 1 aromatic carbocycles. The van der Waals surface area contributed by atoms with Gasteiger partial charge in [-0.25, -0.2) is 14.5 Å². The topological polar surface area (TPSA) is 72.2 Å². The molecule has 0 bridgehead atoms. The van der Waals surface area contributed by atoms with Gasteiger partial charge in [0.2, 0.25) is 5.91 Å². The van der Waals surface area contributed by atoms with Gasteiger partial charge in [0.1, 0.15) is 11.5 Å². The third kappa shape index (κ3) is 2.85. The zero-order chi connectivity index (χ0) is 17.2. The molecule has 0 unspecified atom stereocenters. The highest BCUT2D eigenvalue weighted by Gasteiger charge is 2.17. The fraction of sp³-hybridized carbons (Fsp3) is 0.0526. The van der Waals surface area contributed by atoms with Gasteiger partial charge in [-0.15, -0.1) is 0 Å². The standard InChI is InChI=1S/C19H15N5O/c1-13(25)22-16-12-15(8-10-20-16)17-18(14-6-3-2-4-7-14)23-24-11-5-9-21-19(17)24/h2-12H,1H3,(H,20,22,25). The van der Waals surface area contributed by atoms with Gasteiger partial charge in [-0.1, -0.05) is 30.3 Å². The first-order valence-corrected chi connectivity index (χ1v) is 7.85. The van der Waals surface area contributed by atoms with Crippen LogP contribution in [0.1, 0.15) is 6.92 Å². The highest BCUT2D eigenvalue weighted by Crippen LogP contribution is 2.34. The number of hydrogen-bond donors (Lipinski definition) is 1. The van der Waals surface area contributed by atoms with Crippen LogP contribution < -0.4 is 5.32 Å². The van der Waals surface area contributed by atoms with E-state index in [4.69, 9.17) is 5.10 Å². The summed E-state index contributed by atoms with van der Waals surface area (Å²) in [5.41, 5.74) is 4.38. The molecule has 0 aliphatic carbocycles. The molecule has 25 heavy (non-hydrogen) atoms. The Hall–Kier alpha value is -3.54. The molecule has 0 radical (unpaired) electrons. The van der Waals surface area contributed by atoms with Gasteiger partial charge in [-0.2, -0.15) is 5.10 Å². The zero-order valence-electron chi connectivity index (χ0n) is 13.5. The molecule has 3 aromatic heterocycles. The van der Waals surface area contributed by atoms with Crippen molar-refractivity contribution in [2.45, 2.75) is 6.92 Å². The maximum absolute atomic E-state index is 11.3. The number of anilines is 1. The number of carbonyl (C=O) groups is 1. The summed E-state index contributed by atoms with van der Waals surface area (Å²) in [7, 11) is 0. The molecule has 6 heteroatoms. The lowest BCUT2D eigenvalue weighted by atomic mass is 10.0. The summed E-state index contributed by atoms with van der Waals surface area (Å²) < 4.78 is 1.76. The van der Waals surface area contributed by atoms with Gasteiger partial charge in [0.05, 0.1) is 5.56 Å². The van der Waals surface area contributed by atoms with Crippen LogP contribution in [0, 0.1) is 0 Å². The van der Waals surface area contributed by atoms with E-state index in [1.807, 2.05) is 54.7 Å². The van der Waals surface area contributed by atoms with Crippen LogP contribution in [0.15, 0.2) is 67.1 Å². The number of carbonyl (C=O) groups excluding carboxylic acids is 1. The van der Waals surface area contributed by atoms with Crippen molar-refractivity contribution in [1.82, 2.24) is 19.6 Å². The van der Waals surface area contributed by atoms with Crippen LogP contribution in [-0.4, -0.2) is 25.5 Å². The number of benzene rings is 1. The van der Waals surface area contributed by atoms with Crippen molar-refractivity contribution in [1.29, 1.82) is 0 Å². The average molecular weight is 329 g/mol. The van der Waals surface area contributed by atoms with Gasteiger partial charge in [0.15, 0.2) is 5.65 Å². The van der Waals surface area contributed by atoms with Crippen LogP contribution >= 0.6 is 0 Å².